The van der Waals surface area contributed by atoms with Crippen LogP contribution in [0.25, 0.3) is 0 Å². The molecule has 0 spiro atoms. The molecule has 4 heteroatoms. The Morgan fingerprint density at radius 2 is 1.90 bits per heavy atom. The van der Waals surface area contributed by atoms with Crippen molar-refractivity contribution >= 4 is 5.91 Å². The van der Waals surface area contributed by atoms with E-state index in [9.17, 15) is 4.79 Å². The van der Waals surface area contributed by atoms with Gasteiger partial charge in [-0.05, 0) is 49.3 Å². The Hall–Kier alpha value is -1.55. The van der Waals surface area contributed by atoms with Crippen LogP contribution in [0.5, 0.6) is 5.75 Å². The van der Waals surface area contributed by atoms with Crippen molar-refractivity contribution in [3.05, 3.63) is 29.8 Å². The summed E-state index contributed by atoms with van der Waals surface area (Å²) in [5, 5.41) is 3.17. The molecule has 4 nitrogen and oxygen atoms in total. The van der Waals surface area contributed by atoms with Crippen molar-refractivity contribution in [3.8, 4) is 5.75 Å². The molecule has 2 rings (SSSR count). The maximum Gasteiger partial charge on any atom is 0.240 e. The van der Waals surface area contributed by atoms with E-state index in [0.29, 0.717) is 18.8 Å². The molecule has 1 unspecified atom stereocenters. The molecule has 1 saturated carbocycles. The molecule has 21 heavy (non-hydrogen) atoms. The second kappa shape index (κ2) is 6.48. The molecule has 1 fully saturated rings. The minimum absolute atomic E-state index is 0.0415. The molecule has 1 aromatic rings. The Labute approximate surface area is 127 Å². The standard InChI is InChI=1S/C17H26N2O2/c1-4-17(18,5-2)16(20)19-15(12-6-7-12)13-8-10-14(21-3)11-9-13/h8-12,15H,4-7,18H2,1-3H3,(H,19,20). The molecule has 1 aromatic carbocycles. The number of hydrogen-bond donors (Lipinski definition) is 2. The number of nitrogens with two attached hydrogens (primary N) is 1. The van der Waals surface area contributed by atoms with Crippen molar-refractivity contribution in [1.29, 1.82) is 0 Å². The normalized spacial score (nSPS) is 16.4. The fourth-order valence-electron chi connectivity index (χ4n) is 2.57. The lowest BCUT2D eigenvalue weighted by Gasteiger charge is -2.29. The van der Waals surface area contributed by atoms with Crippen molar-refractivity contribution < 1.29 is 9.53 Å². The number of amides is 1. The molecule has 0 bridgehead atoms. The summed E-state index contributed by atoms with van der Waals surface area (Å²) in [5.41, 5.74) is 6.56. The Balaban J connectivity index is 2.14. The van der Waals surface area contributed by atoms with Crippen LogP contribution in [-0.2, 0) is 4.79 Å². The van der Waals surface area contributed by atoms with Crippen LogP contribution in [0.2, 0.25) is 0 Å². The lowest BCUT2D eigenvalue weighted by molar-refractivity contribution is -0.127. The van der Waals surface area contributed by atoms with Gasteiger partial charge in [0.25, 0.3) is 0 Å². The maximum atomic E-state index is 12.5. The molecule has 0 saturated heterocycles. The number of ether oxygens (including phenoxy) is 1. The number of methoxy groups -OCH3 is 1. The zero-order chi connectivity index (χ0) is 15.5. The van der Waals surface area contributed by atoms with E-state index < -0.39 is 5.54 Å². The van der Waals surface area contributed by atoms with Crippen LogP contribution in [0.15, 0.2) is 24.3 Å². The number of benzene rings is 1. The molecule has 0 aliphatic heterocycles. The van der Waals surface area contributed by atoms with Crippen LogP contribution < -0.4 is 15.8 Å². The van der Waals surface area contributed by atoms with Gasteiger partial charge in [-0.1, -0.05) is 26.0 Å². The van der Waals surface area contributed by atoms with Crippen molar-refractivity contribution in [1.82, 2.24) is 5.32 Å². The molecule has 1 aliphatic carbocycles. The number of hydrogen-bond acceptors (Lipinski definition) is 3. The highest BCUT2D eigenvalue weighted by Crippen LogP contribution is 2.41. The van der Waals surface area contributed by atoms with Crippen LogP contribution in [-0.4, -0.2) is 18.6 Å². The third kappa shape index (κ3) is 3.56. The first-order chi connectivity index (χ1) is 10.0. The minimum Gasteiger partial charge on any atom is -0.497 e. The summed E-state index contributed by atoms with van der Waals surface area (Å²) in [6.45, 7) is 3.92. The summed E-state index contributed by atoms with van der Waals surface area (Å²) in [4.78, 5) is 12.5. The van der Waals surface area contributed by atoms with Crippen LogP contribution in [0, 0.1) is 5.92 Å². The number of nitrogens with one attached hydrogen (secondary N) is 1. The monoisotopic (exact) mass is 290 g/mol. The Morgan fingerprint density at radius 3 is 2.33 bits per heavy atom. The lowest BCUT2D eigenvalue weighted by Crippen LogP contribution is -2.54. The zero-order valence-corrected chi connectivity index (χ0v) is 13.2. The molecule has 0 radical (unpaired) electrons. The van der Waals surface area contributed by atoms with Gasteiger partial charge in [0.1, 0.15) is 5.75 Å². The van der Waals surface area contributed by atoms with Gasteiger partial charge in [0.05, 0.1) is 18.7 Å². The van der Waals surface area contributed by atoms with E-state index in [4.69, 9.17) is 10.5 Å². The fraction of sp³-hybridized carbons (Fsp3) is 0.588. The molecule has 3 N–H and O–H groups in total. The summed E-state index contributed by atoms with van der Waals surface area (Å²) in [7, 11) is 1.65. The molecule has 1 aliphatic rings. The van der Waals surface area contributed by atoms with E-state index in [-0.39, 0.29) is 11.9 Å². The minimum atomic E-state index is -0.764. The summed E-state index contributed by atoms with van der Waals surface area (Å²) >= 11 is 0. The fourth-order valence-corrected chi connectivity index (χ4v) is 2.57. The third-order valence-corrected chi connectivity index (χ3v) is 4.57. The average molecular weight is 290 g/mol. The molecule has 116 valence electrons. The lowest BCUT2D eigenvalue weighted by atomic mass is 9.91. The van der Waals surface area contributed by atoms with E-state index in [2.05, 4.69) is 5.32 Å². The van der Waals surface area contributed by atoms with E-state index in [0.717, 1.165) is 24.2 Å². The van der Waals surface area contributed by atoms with Gasteiger partial charge in [0, 0.05) is 0 Å². The van der Waals surface area contributed by atoms with Crippen molar-refractivity contribution in [3.63, 3.8) is 0 Å². The quantitative estimate of drug-likeness (QED) is 0.811. The predicted octanol–water partition coefficient (Wildman–Crippen LogP) is 2.78. The Morgan fingerprint density at radius 1 is 1.33 bits per heavy atom. The van der Waals surface area contributed by atoms with Gasteiger partial charge < -0.3 is 15.8 Å². The van der Waals surface area contributed by atoms with Gasteiger partial charge in [-0.2, -0.15) is 0 Å². The molecular formula is C17H26N2O2. The van der Waals surface area contributed by atoms with Gasteiger partial charge in [-0.15, -0.1) is 0 Å². The average Bonchev–Trinajstić information content (AvgIpc) is 3.36. The first kappa shape index (κ1) is 15.8. The van der Waals surface area contributed by atoms with E-state index in [1.807, 2.05) is 38.1 Å². The number of carbonyl (C=O) groups excluding carboxylic acids is 1. The second-order valence-electron chi connectivity index (χ2n) is 5.92. The Kier molecular flexibility index (Phi) is 4.88. The smallest absolute Gasteiger partial charge is 0.240 e. The van der Waals surface area contributed by atoms with Crippen LogP contribution in [0.4, 0.5) is 0 Å². The summed E-state index contributed by atoms with van der Waals surface area (Å²) in [5.74, 6) is 1.32. The molecule has 0 heterocycles. The number of rotatable bonds is 7. The maximum absolute atomic E-state index is 12.5. The largest absolute Gasteiger partial charge is 0.497 e. The van der Waals surface area contributed by atoms with Gasteiger partial charge in [0.15, 0.2) is 0 Å². The van der Waals surface area contributed by atoms with E-state index >= 15 is 0 Å². The van der Waals surface area contributed by atoms with Gasteiger partial charge in [-0.25, -0.2) is 0 Å². The van der Waals surface area contributed by atoms with Crippen LogP contribution in [0.3, 0.4) is 0 Å². The van der Waals surface area contributed by atoms with Crippen LogP contribution in [0.1, 0.15) is 51.1 Å². The first-order valence-electron chi connectivity index (χ1n) is 7.78. The van der Waals surface area contributed by atoms with Gasteiger partial charge in [-0.3, -0.25) is 4.79 Å². The van der Waals surface area contributed by atoms with Crippen molar-refractivity contribution in [2.45, 2.75) is 51.1 Å². The molecule has 0 aromatic heterocycles. The zero-order valence-electron chi connectivity index (χ0n) is 13.2. The SMILES string of the molecule is CCC(N)(CC)C(=O)NC(c1ccc(OC)cc1)C1CC1. The predicted molar refractivity (Wildman–Crippen MR) is 84.1 cm³/mol. The Bertz CT molecular complexity index is 476. The summed E-state index contributed by atoms with van der Waals surface area (Å²) in [6, 6.07) is 7.99. The summed E-state index contributed by atoms with van der Waals surface area (Å²) in [6.07, 6.45) is 3.62. The van der Waals surface area contributed by atoms with Crippen molar-refractivity contribution in [2.75, 3.05) is 7.11 Å². The highest BCUT2D eigenvalue weighted by atomic mass is 16.5. The molecule has 1 atom stereocenters. The highest BCUT2D eigenvalue weighted by molar-refractivity contribution is 5.86. The van der Waals surface area contributed by atoms with Gasteiger partial charge in [0.2, 0.25) is 5.91 Å². The van der Waals surface area contributed by atoms with Crippen molar-refractivity contribution in [2.24, 2.45) is 11.7 Å². The third-order valence-electron chi connectivity index (χ3n) is 4.57. The van der Waals surface area contributed by atoms with E-state index in [1.54, 1.807) is 7.11 Å². The summed E-state index contributed by atoms with van der Waals surface area (Å²) < 4.78 is 5.19. The second-order valence-corrected chi connectivity index (χ2v) is 5.92. The highest BCUT2D eigenvalue weighted by Gasteiger charge is 2.37. The van der Waals surface area contributed by atoms with E-state index in [1.165, 1.54) is 0 Å². The van der Waals surface area contributed by atoms with Gasteiger partial charge >= 0.3 is 0 Å². The van der Waals surface area contributed by atoms with Crippen LogP contribution >= 0.6 is 0 Å². The first-order valence-corrected chi connectivity index (χ1v) is 7.78. The molecular weight excluding hydrogens is 264 g/mol. The molecule has 1 amide bonds. The number of carbonyl (C=O) groups is 1. The topological polar surface area (TPSA) is 64.4 Å².